The standard InChI is InChI=1S/C9H16O5/c1-3-8(11)14-9(13-4-2)7-12-6-5-10/h3,9-10H,1,4-7H2,2H3. The van der Waals surface area contributed by atoms with E-state index in [1.54, 1.807) is 6.92 Å². The fraction of sp³-hybridized carbons (Fsp3) is 0.667. The summed E-state index contributed by atoms with van der Waals surface area (Å²) in [6.07, 6.45) is 0.315. The van der Waals surface area contributed by atoms with Gasteiger partial charge >= 0.3 is 5.97 Å². The molecule has 82 valence electrons. The van der Waals surface area contributed by atoms with Gasteiger partial charge in [0.2, 0.25) is 6.29 Å². The van der Waals surface area contributed by atoms with Crippen molar-refractivity contribution in [1.29, 1.82) is 0 Å². The lowest BCUT2D eigenvalue weighted by Crippen LogP contribution is -2.26. The summed E-state index contributed by atoms with van der Waals surface area (Å²) in [7, 11) is 0. The van der Waals surface area contributed by atoms with E-state index in [1.165, 1.54) is 0 Å². The minimum Gasteiger partial charge on any atom is -0.430 e. The molecule has 0 heterocycles. The fourth-order valence-corrected chi connectivity index (χ4v) is 0.724. The summed E-state index contributed by atoms with van der Waals surface area (Å²) in [5.74, 6) is -0.559. The zero-order valence-corrected chi connectivity index (χ0v) is 8.27. The Morgan fingerprint density at radius 2 is 2.36 bits per heavy atom. The molecule has 0 aliphatic carbocycles. The van der Waals surface area contributed by atoms with Crippen molar-refractivity contribution < 1.29 is 24.1 Å². The molecule has 14 heavy (non-hydrogen) atoms. The molecule has 0 saturated carbocycles. The number of hydrogen-bond acceptors (Lipinski definition) is 5. The Labute approximate surface area is 83.3 Å². The molecule has 5 heteroatoms. The second-order valence-corrected chi connectivity index (χ2v) is 2.32. The van der Waals surface area contributed by atoms with Gasteiger partial charge in [-0.25, -0.2) is 4.79 Å². The van der Waals surface area contributed by atoms with Crippen LogP contribution in [0.4, 0.5) is 0 Å². The molecule has 0 saturated heterocycles. The van der Waals surface area contributed by atoms with E-state index in [9.17, 15) is 4.79 Å². The summed E-state index contributed by atoms with van der Waals surface area (Å²) in [4.78, 5) is 10.8. The molecule has 0 amide bonds. The number of aliphatic hydroxyl groups is 1. The summed E-state index contributed by atoms with van der Waals surface area (Å²) in [6, 6.07) is 0. The molecule has 1 N–H and O–H groups in total. The summed E-state index contributed by atoms with van der Waals surface area (Å²) >= 11 is 0. The Bertz CT molecular complexity index is 169. The third kappa shape index (κ3) is 6.59. The lowest BCUT2D eigenvalue weighted by molar-refractivity contribution is -0.185. The second kappa shape index (κ2) is 8.68. The summed E-state index contributed by atoms with van der Waals surface area (Å²) in [5.41, 5.74) is 0. The molecule has 0 aromatic carbocycles. The van der Waals surface area contributed by atoms with Crippen LogP contribution in [0.3, 0.4) is 0 Å². The van der Waals surface area contributed by atoms with E-state index < -0.39 is 12.3 Å². The maximum Gasteiger partial charge on any atom is 0.332 e. The second-order valence-electron chi connectivity index (χ2n) is 2.32. The lowest BCUT2D eigenvalue weighted by Gasteiger charge is -2.16. The molecular weight excluding hydrogens is 188 g/mol. The van der Waals surface area contributed by atoms with Crippen molar-refractivity contribution in [2.24, 2.45) is 0 Å². The zero-order valence-electron chi connectivity index (χ0n) is 8.27. The minimum absolute atomic E-state index is 0.0751. The van der Waals surface area contributed by atoms with Gasteiger partial charge in [0.1, 0.15) is 6.61 Å². The Morgan fingerprint density at radius 1 is 1.64 bits per heavy atom. The molecule has 0 aromatic rings. The van der Waals surface area contributed by atoms with Crippen LogP contribution in [0.1, 0.15) is 6.92 Å². The molecule has 0 aliphatic heterocycles. The number of aliphatic hydroxyl groups excluding tert-OH is 1. The van der Waals surface area contributed by atoms with Gasteiger partial charge < -0.3 is 19.3 Å². The Balaban J connectivity index is 3.76. The first kappa shape index (κ1) is 13.1. The van der Waals surface area contributed by atoms with Gasteiger partial charge in [-0.15, -0.1) is 0 Å². The number of carbonyl (C=O) groups is 1. The molecule has 0 aromatic heterocycles. The van der Waals surface area contributed by atoms with Gasteiger partial charge in [-0.2, -0.15) is 0 Å². The van der Waals surface area contributed by atoms with Crippen LogP contribution in [0.25, 0.3) is 0 Å². The van der Waals surface area contributed by atoms with E-state index >= 15 is 0 Å². The molecule has 1 unspecified atom stereocenters. The van der Waals surface area contributed by atoms with Crippen molar-refractivity contribution in [2.45, 2.75) is 13.2 Å². The van der Waals surface area contributed by atoms with Gasteiger partial charge in [-0.3, -0.25) is 0 Å². The number of hydrogen-bond donors (Lipinski definition) is 1. The van der Waals surface area contributed by atoms with Crippen LogP contribution in [0.2, 0.25) is 0 Å². The van der Waals surface area contributed by atoms with Crippen molar-refractivity contribution in [3.8, 4) is 0 Å². The highest BCUT2D eigenvalue weighted by molar-refractivity contribution is 5.81. The molecule has 0 fully saturated rings. The highest BCUT2D eigenvalue weighted by Crippen LogP contribution is 1.97. The van der Waals surface area contributed by atoms with Crippen molar-refractivity contribution in [3.63, 3.8) is 0 Å². The zero-order chi connectivity index (χ0) is 10.8. The Kier molecular flexibility index (Phi) is 8.11. The highest BCUT2D eigenvalue weighted by atomic mass is 16.7. The minimum atomic E-state index is -0.739. The van der Waals surface area contributed by atoms with Gasteiger partial charge in [-0.1, -0.05) is 6.58 Å². The maximum atomic E-state index is 10.8. The monoisotopic (exact) mass is 204 g/mol. The largest absolute Gasteiger partial charge is 0.430 e. The molecule has 0 bridgehead atoms. The quantitative estimate of drug-likeness (QED) is 0.263. The van der Waals surface area contributed by atoms with Gasteiger partial charge in [0.25, 0.3) is 0 Å². The molecule has 0 rings (SSSR count). The van der Waals surface area contributed by atoms with Crippen LogP contribution in [-0.2, 0) is 19.0 Å². The average molecular weight is 204 g/mol. The normalized spacial score (nSPS) is 12.1. The predicted octanol–water partition coefficient (Wildman–Crippen LogP) is 0.0871. The molecule has 1 atom stereocenters. The van der Waals surface area contributed by atoms with Gasteiger partial charge in [-0.05, 0) is 6.92 Å². The summed E-state index contributed by atoms with van der Waals surface area (Å²) in [5, 5.41) is 8.45. The summed E-state index contributed by atoms with van der Waals surface area (Å²) in [6.45, 7) is 5.67. The molecular formula is C9H16O5. The number of esters is 1. The number of ether oxygens (including phenoxy) is 3. The average Bonchev–Trinajstić information content (AvgIpc) is 2.18. The van der Waals surface area contributed by atoms with Crippen LogP contribution < -0.4 is 0 Å². The van der Waals surface area contributed by atoms with E-state index in [4.69, 9.17) is 19.3 Å². The third-order valence-corrected chi connectivity index (χ3v) is 1.26. The summed E-state index contributed by atoms with van der Waals surface area (Å²) < 4.78 is 14.8. The SMILES string of the molecule is C=CC(=O)OC(COCCO)OCC. The third-order valence-electron chi connectivity index (χ3n) is 1.26. The Morgan fingerprint density at radius 3 is 2.86 bits per heavy atom. The van der Waals surface area contributed by atoms with Gasteiger partial charge in [0, 0.05) is 12.7 Å². The molecule has 5 nitrogen and oxygen atoms in total. The Hall–Kier alpha value is -0.910. The smallest absolute Gasteiger partial charge is 0.332 e. The molecule has 0 aliphatic rings. The van der Waals surface area contributed by atoms with Crippen molar-refractivity contribution in [2.75, 3.05) is 26.4 Å². The topological polar surface area (TPSA) is 65.0 Å². The number of carbonyl (C=O) groups excluding carboxylic acids is 1. The predicted molar refractivity (Wildman–Crippen MR) is 49.6 cm³/mol. The van der Waals surface area contributed by atoms with Crippen LogP contribution in [0, 0.1) is 0 Å². The van der Waals surface area contributed by atoms with Crippen LogP contribution in [-0.4, -0.2) is 43.8 Å². The maximum absolute atomic E-state index is 10.8. The van der Waals surface area contributed by atoms with Crippen LogP contribution >= 0.6 is 0 Å². The van der Waals surface area contributed by atoms with Gasteiger partial charge in [0.05, 0.1) is 13.2 Å². The first-order valence-electron chi connectivity index (χ1n) is 4.37. The van der Waals surface area contributed by atoms with E-state index in [0.717, 1.165) is 6.08 Å². The van der Waals surface area contributed by atoms with E-state index in [1.807, 2.05) is 0 Å². The molecule has 0 spiro atoms. The van der Waals surface area contributed by atoms with E-state index in [2.05, 4.69) is 6.58 Å². The van der Waals surface area contributed by atoms with Crippen molar-refractivity contribution in [3.05, 3.63) is 12.7 Å². The first-order valence-corrected chi connectivity index (χ1v) is 4.37. The van der Waals surface area contributed by atoms with E-state index in [0.29, 0.717) is 6.61 Å². The lowest BCUT2D eigenvalue weighted by atomic mass is 10.6. The fourth-order valence-electron chi connectivity index (χ4n) is 0.724. The van der Waals surface area contributed by atoms with Crippen LogP contribution in [0.5, 0.6) is 0 Å². The van der Waals surface area contributed by atoms with Gasteiger partial charge in [0.15, 0.2) is 0 Å². The molecule has 0 radical (unpaired) electrons. The van der Waals surface area contributed by atoms with Crippen LogP contribution in [0.15, 0.2) is 12.7 Å². The number of rotatable bonds is 8. The first-order chi connectivity index (χ1) is 6.74. The van der Waals surface area contributed by atoms with Crippen molar-refractivity contribution >= 4 is 5.97 Å². The van der Waals surface area contributed by atoms with E-state index in [-0.39, 0.29) is 19.8 Å². The highest BCUT2D eigenvalue weighted by Gasteiger charge is 2.12. The van der Waals surface area contributed by atoms with Crippen molar-refractivity contribution in [1.82, 2.24) is 0 Å².